The number of sulfone groups is 1. The predicted molar refractivity (Wildman–Crippen MR) is 103 cm³/mol. The Balaban J connectivity index is 1.80. The number of nitrogens with one attached hydrogen (secondary N) is 1. The smallest absolute Gasteiger partial charge is 0.216 e. The second kappa shape index (κ2) is 7.73. The van der Waals surface area contributed by atoms with E-state index in [0.717, 1.165) is 17.9 Å². The maximum Gasteiger partial charge on any atom is 0.216 e. The zero-order valence-electron chi connectivity index (χ0n) is 14.9. The standard InChI is InChI=1S/C17H18FN3O4S2/c1-24-15-6-10(7-16(21-15)25-2)13-9-26-17(20-13)19-11-4-5-14(12(18)8-11)27(3,22)23/h4-8,13H,9H2,1-3H3,(H,19,20). The molecule has 1 N–H and O–H groups in total. The summed E-state index contributed by atoms with van der Waals surface area (Å²) in [4.78, 5) is 8.42. The number of amidine groups is 1. The van der Waals surface area contributed by atoms with Crippen LogP contribution < -0.4 is 14.8 Å². The number of aromatic nitrogens is 1. The summed E-state index contributed by atoms with van der Waals surface area (Å²) >= 11 is 1.48. The van der Waals surface area contributed by atoms with E-state index < -0.39 is 15.7 Å². The summed E-state index contributed by atoms with van der Waals surface area (Å²) in [5, 5.41) is 3.63. The summed E-state index contributed by atoms with van der Waals surface area (Å²) in [6, 6.07) is 7.34. The molecule has 1 aromatic carbocycles. The number of benzene rings is 1. The fraction of sp³-hybridized carbons (Fsp3) is 0.294. The molecular formula is C17H18FN3O4S2. The molecule has 0 aliphatic carbocycles. The Labute approximate surface area is 160 Å². The van der Waals surface area contributed by atoms with Crippen LogP contribution in [0.2, 0.25) is 0 Å². The van der Waals surface area contributed by atoms with Gasteiger partial charge in [0.05, 0.1) is 20.3 Å². The average molecular weight is 411 g/mol. The number of aliphatic imine (C=N–C) groups is 1. The topological polar surface area (TPSA) is 89.9 Å². The number of hydrogen-bond acceptors (Lipinski definition) is 8. The zero-order chi connectivity index (χ0) is 19.6. The lowest BCUT2D eigenvalue weighted by Crippen LogP contribution is -2.07. The molecule has 1 atom stereocenters. The molecule has 0 saturated carbocycles. The van der Waals surface area contributed by atoms with Crippen LogP contribution in [-0.4, -0.2) is 44.8 Å². The van der Waals surface area contributed by atoms with Crippen molar-refractivity contribution in [3.05, 3.63) is 41.7 Å². The Bertz CT molecular complexity index is 973. The average Bonchev–Trinajstić information content (AvgIpc) is 3.08. The predicted octanol–water partition coefficient (Wildman–Crippen LogP) is 2.90. The largest absolute Gasteiger partial charge is 0.481 e. The molecule has 3 rings (SSSR count). The third-order valence-corrected chi connectivity index (χ3v) is 5.93. The highest BCUT2D eigenvalue weighted by molar-refractivity contribution is 8.14. The van der Waals surface area contributed by atoms with Crippen molar-refractivity contribution in [2.75, 3.05) is 31.5 Å². The molecule has 10 heteroatoms. The molecule has 2 aromatic rings. The van der Waals surface area contributed by atoms with E-state index in [9.17, 15) is 12.8 Å². The van der Waals surface area contributed by atoms with Crippen molar-refractivity contribution in [2.45, 2.75) is 10.9 Å². The van der Waals surface area contributed by atoms with Crippen LogP contribution in [0.1, 0.15) is 11.6 Å². The summed E-state index contributed by atoms with van der Waals surface area (Å²) in [6.07, 6.45) is 0.970. The van der Waals surface area contributed by atoms with Crippen LogP contribution in [0, 0.1) is 5.82 Å². The Morgan fingerprint density at radius 1 is 1.19 bits per heavy atom. The fourth-order valence-electron chi connectivity index (χ4n) is 2.52. The van der Waals surface area contributed by atoms with Crippen molar-refractivity contribution >= 4 is 32.5 Å². The van der Waals surface area contributed by atoms with Gasteiger partial charge in [-0.1, -0.05) is 11.8 Å². The summed E-state index contributed by atoms with van der Waals surface area (Å²) in [5.41, 5.74) is 1.32. The van der Waals surface area contributed by atoms with Crippen LogP contribution in [0.4, 0.5) is 10.1 Å². The van der Waals surface area contributed by atoms with Gasteiger partial charge in [-0.15, -0.1) is 0 Å². The van der Waals surface area contributed by atoms with E-state index in [1.54, 1.807) is 12.1 Å². The van der Waals surface area contributed by atoms with Crippen LogP contribution in [0.15, 0.2) is 40.2 Å². The van der Waals surface area contributed by atoms with Gasteiger partial charge in [-0.3, -0.25) is 4.99 Å². The normalized spacial score (nSPS) is 16.7. The highest BCUT2D eigenvalue weighted by Crippen LogP contribution is 2.34. The van der Waals surface area contributed by atoms with Gasteiger partial charge < -0.3 is 14.8 Å². The summed E-state index contributed by atoms with van der Waals surface area (Å²) in [6.45, 7) is 0. The molecule has 0 spiro atoms. The summed E-state index contributed by atoms with van der Waals surface area (Å²) < 4.78 is 47.4. The van der Waals surface area contributed by atoms with Crippen molar-refractivity contribution in [3.63, 3.8) is 0 Å². The second-order valence-electron chi connectivity index (χ2n) is 5.79. The third-order valence-electron chi connectivity index (χ3n) is 3.84. The highest BCUT2D eigenvalue weighted by atomic mass is 32.2. The van der Waals surface area contributed by atoms with E-state index in [0.29, 0.717) is 28.4 Å². The Morgan fingerprint density at radius 3 is 2.41 bits per heavy atom. The number of halogens is 1. The van der Waals surface area contributed by atoms with Gasteiger partial charge >= 0.3 is 0 Å². The lowest BCUT2D eigenvalue weighted by molar-refractivity contribution is 0.363. The molecule has 1 unspecified atom stereocenters. The van der Waals surface area contributed by atoms with Gasteiger partial charge in [-0.25, -0.2) is 12.8 Å². The van der Waals surface area contributed by atoms with Crippen LogP contribution in [0.25, 0.3) is 0 Å². The third kappa shape index (κ3) is 4.51. The number of pyridine rings is 1. The number of methoxy groups -OCH3 is 2. The molecule has 2 heterocycles. The first-order chi connectivity index (χ1) is 12.8. The van der Waals surface area contributed by atoms with E-state index in [2.05, 4.69) is 15.3 Å². The Kier molecular flexibility index (Phi) is 5.56. The molecule has 0 bridgehead atoms. The van der Waals surface area contributed by atoms with Crippen molar-refractivity contribution in [2.24, 2.45) is 4.99 Å². The second-order valence-corrected chi connectivity index (χ2v) is 8.78. The molecule has 144 valence electrons. The van der Waals surface area contributed by atoms with Crippen molar-refractivity contribution < 1.29 is 22.3 Å². The lowest BCUT2D eigenvalue weighted by Gasteiger charge is -2.10. The maximum atomic E-state index is 14.0. The minimum absolute atomic E-state index is 0.136. The number of rotatable bonds is 5. The van der Waals surface area contributed by atoms with E-state index >= 15 is 0 Å². The fourth-order valence-corrected chi connectivity index (χ4v) is 4.22. The van der Waals surface area contributed by atoms with Gasteiger partial charge in [0.15, 0.2) is 15.0 Å². The molecule has 0 radical (unpaired) electrons. The van der Waals surface area contributed by atoms with Gasteiger partial charge in [-0.05, 0) is 23.8 Å². The SMILES string of the molecule is COc1cc(C2CSC(Nc3ccc(S(C)(=O)=O)c(F)c3)=N2)cc(OC)n1. The quantitative estimate of drug-likeness (QED) is 0.809. The molecule has 1 aliphatic heterocycles. The van der Waals surface area contributed by atoms with Crippen molar-refractivity contribution in [1.82, 2.24) is 4.98 Å². The van der Waals surface area contributed by atoms with Gasteiger partial charge in [0, 0.05) is 29.8 Å². The van der Waals surface area contributed by atoms with E-state index in [-0.39, 0.29) is 10.9 Å². The van der Waals surface area contributed by atoms with Gasteiger partial charge in [0.2, 0.25) is 11.8 Å². The molecule has 7 nitrogen and oxygen atoms in total. The van der Waals surface area contributed by atoms with Crippen LogP contribution >= 0.6 is 11.8 Å². The molecule has 0 fully saturated rings. The highest BCUT2D eigenvalue weighted by Gasteiger charge is 2.22. The minimum Gasteiger partial charge on any atom is -0.481 e. The number of hydrogen-bond donors (Lipinski definition) is 1. The van der Waals surface area contributed by atoms with Gasteiger partial charge in [0.25, 0.3) is 0 Å². The number of nitrogens with zero attached hydrogens (tertiary/aromatic N) is 2. The van der Waals surface area contributed by atoms with Crippen LogP contribution in [0.3, 0.4) is 0 Å². The van der Waals surface area contributed by atoms with E-state index in [4.69, 9.17) is 9.47 Å². The van der Waals surface area contributed by atoms with Gasteiger partial charge in [-0.2, -0.15) is 4.98 Å². The van der Waals surface area contributed by atoms with Crippen molar-refractivity contribution in [3.8, 4) is 11.8 Å². The number of ether oxygens (including phenoxy) is 2. The molecule has 0 saturated heterocycles. The van der Waals surface area contributed by atoms with Gasteiger partial charge in [0.1, 0.15) is 10.7 Å². The van der Waals surface area contributed by atoms with Crippen molar-refractivity contribution in [1.29, 1.82) is 0 Å². The first-order valence-electron chi connectivity index (χ1n) is 7.87. The summed E-state index contributed by atoms with van der Waals surface area (Å²) in [5.74, 6) is 0.753. The van der Waals surface area contributed by atoms with Crippen LogP contribution in [0.5, 0.6) is 11.8 Å². The molecule has 1 aliphatic rings. The lowest BCUT2D eigenvalue weighted by atomic mass is 10.1. The summed E-state index contributed by atoms with van der Waals surface area (Å²) in [7, 11) is -0.548. The number of anilines is 1. The van der Waals surface area contributed by atoms with E-state index in [1.165, 1.54) is 38.1 Å². The minimum atomic E-state index is -3.60. The number of thioether (sulfide) groups is 1. The molecule has 1 aromatic heterocycles. The Morgan fingerprint density at radius 2 is 1.85 bits per heavy atom. The maximum absolute atomic E-state index is 14.0. The Hall–Kier alpha value is -2.33. The van der Waals surface area contributed by atoms with E-state index in [1.807, 2.05) is 0 Å². The monoisotopic (exact) mass is 411 g/mol. The first-order valence-corrected chi connectivity index (χ1v) is 10.7. The molecular weight excluding hydrogens is 393 g/mol. The molecule has 0 amide bonds. The zero-order valence-corrected chi connectivity index (χ0v) is 16.5. The van der Waals surface area contributed by atoms with Crippen LogP contribution in [-0.2, 0) is 9.84 Å². The first kappa shape index (κ1) is 19.4. The molecule has 27 heavy (non-hydrogen) atoms.